The molecule has 0 heteroatoms. The molecule has 1 rings (SSSR count). The molecule has 1 aromatic rings. The number of rotatable bonds is 1. The highest BCUT2D eigenvalue weighted by molar-refractivity contribution is 5.45. The largest absolute Gasteiger partial charge is 1.00 e. The SMILES string of the molecule is C=C.C=C.C=Cc1ccccc1.[H+]. The van der Waals surface area contributed by atoms with Crippen LogP contribution in [0.3, 0.4) is 0 Å². The van der Waals surface area contributed by atoms with Gasteiger partial charge in [-0.3, -0.25) is 0 Å². The van der Waals surface area contributed by atoms with Crippen molar-refractivity contribution < 1.29 is 1.43 Å². The van der Waals surface area contributed by atoms with Gasteiger partial charge in [0.15, 0.2) is 0 Å². The van der Waals surface area contributed by atoms with Gasteiger partial charge in [-0.2, -0.15) is 0 Å². The van der Waals surface area contributed by atoms with Crippen LogP contribution in [0, 0.1) is 0 Å². The lowest BCUT2D eigenvalue weighted by Gasteiger charge is -1.85. The molecule has 1 aromatic carbocycles. The summed E-state index contributed by atoms with van der Waals surface area (Å²) in [5, 5.41) is 0. The predicted octanol–water partition coefficient (Wildman–Crippen LogP) is 4.05. The molecule has 0 aliphatic rings. The van der Waals surface area contributed by atoms with Crippen molar-refractivity contribution in [3.05, 3.63) is 68.8 Å². The van der Waals surface area contributed by atoms with Crippen LogP contribution in [0.25, 0.3) is 6.08 Å². The molecule has 0 aromatic heterocycles. The minimum atomic E-state index is 0. The van der Waals surface area contributed by atoms with Crippen LogP contribution in [0.2, 0.25) is 0 Å². The summed E-state index contributed by atoms with van der Waals surface area (Å²) in [6.07, 6.45) is 1.83. The molecule has 0 amide bonds. The van der Waals surface area contributed by atoms with Crippen LogP contribution in [0.15, 0.2) is 63.2 Å². The van der Waals surface area contributed by atoms with Gasteiger partial charge in [0.2, 0.25) is 0 Å². The van der Waals surface area contributed by atoms with Crippen LogP contribution in [-0.4, -0.2) is 0 Å². The highest BCUT2D eigenvalue weighted by Crippen LogP contribution is 1.97. The molecule has 0 aliphatic carbocycles. The van der Waals surface area contributed by atoms with E-state index in [4.69, 9.17) is 0 Å². The molecule has 0 fully saturated rings. The molecule has 0 unspecified atom stereocenters. The smallest absolute Gasteiger partial charge is 0.106 e. The fourth-order valence-corrected chi connectivity index (χ4v) is 0.589. The normalized spacial score (nSPS) is 6.33. The van der Waals surface area contributed by atoms with Gasteiger partial charge in [-0.15, -0.1) is 26.3 Å². The van der Waals surface area contributed by atoms with Crippen LogP contribution in [0.4, 0.5) is 0 Å². The molecule has 0 atom stereocenters. The standard InChI is InChI=1S/C8H8.2C2H4/c1-2-8-6-4-3-5-7-8;2*1-2/h2-7H,1H2;2*1-2H2/p+1. The Labute approximate surface area is 77.0 Å². The Balaban J connectivity index is -0.000000178. The molecule has 0 saturated carbocycles. The zero-order chi connectivity index (χ0) is 9.82. The van der Waals surface area contributed by atoms with E-state index >= 15 is 0 Å². The van der Waals surface area contributed by atoms with Crippen LogP contribution in [-0.2, 0) is 0 Å². The van der Waals surface area contributed by atoms with E-state index in [-0.39, 0.29) is 1.43 Å². The number of hydrogen-bond acceptors (Lipinski definition) is 0. The van der Waals surface area contributed by atoms with Gasteiger partial charge in [-0.05, 0) is 5.56 Å². The van der Waals surface area contributed by atoms with Crippen LogP contribution in [0.1, 0.15) is 6.99 Å². The third-order valence-corrected chi connectivity index (χ3v) is 1.04. The second kappa shape index (κ2) is 12.1. The maximum Gasteiger partial charge on any atom is 1.00 e. The summed E-state index contributed by atoms with van der Waals surface area (Å²) < 4.78 is 0. The Morgan fingerprint density at radius 1 is 0.917 bits per heavy atom. The summed E-state index contributed by atoms with van der Waals surface area (Å²) in [7, 11) is 0. The quantitative estimate of drug-likeness (QED) is 0.545. The molecular formula is C12H17+. The fraction of sp³-hybridized carbons (Fsp3) is 0. The zero-order valence-corrected chi connectivity index (χ0v) is 7.50. The monoisotopic (exact) mass is 161 g/mol. The summed E-state index contributed by atoms with van der Waals surface area (Å²) in [4.78, 5) is 0. The average Bonchev–Trinajstić information content (AvgIpc) is 2.25. The Morgan fingerprint density at radius 3 is 1.58 bits per heavy atom. The molecule has 0 N–H and O–H groups in total. The predicted molar refractivity (Wildman–Crippen MR) is 60.2 cm³/mol. The van der Waals surface area contributed by atoms with E-state index in [1.807, 2.05) is 36.4 Å². The van der Waals surface area contributed by atoms with Crippen molar-refractivity contribution in [3.8, 4) is 0 Å². The van der Waals surface area contributed by atoms with Gasteiger partial charge in [-0.1, -0.05) is 43.0 Å². The maximum atomic E-state index is 3.63. The molecule has 64 valence electrons. The number of benzene rings is 1. The van der Waals surface area contributed by atoms with Crippen molar-refractivity contribution in [2.24, 2.45) is 0 Å². The third-order valence-electron chi connectivity index (χ3n) is 1.04. The van der Waals surface area contributed by atoms with Gasteiger partial charge in [-0.25, -0.2) is 0 Å². The zero-order valence-electron chi connectivity index (χ0n) is 8.50. The van der Waals surface area contributed by atoms with Gasteiger partial charge in [0.1, 0.15) is 0 Å². The van der Waals surface area contributed by atoms with Gasteiger partial charge in [0.25, 0.3) is 0 Å². The first-order chi connectivity index (χ1) is 5.93. The van der Waals surface area contributed by atoms with E-state index in [2.05, 4.69) is 32.9 Å². The van der Waals surface area contributed by atoms with Crippen molar-refractivity contribution in [2.45, 2.75) is 0 Å². The number of hydrogen-bond donors (Lipinski definition) is 0. The Hall–Kier alpha value is -1.56. The van der Waals surface area contributed by atoms with Crippen molar-refractivity contribution in [1.29, 1.82) is 0 Å². The molecule has 0 saturated heterocycles. The molecule has 0 nitrogen and oxygen atoms in total. The summed E-state index contributed by atoms with van der Waals surface area (Å²) in [6.45, 7) is 15.6. The van der Waals surface area contributed by atoms with Gasteiger partial charge in [0.05, 0.1) is 0 Å². The van der Waals surface area contributed by atoms with E-state index < -0.39 is 0 Å². The summed E-state index contributed by atoms with van der Waals surface area (Å²) in [5.74, 6) is 0. The van der Waals surface area contributed by atoms with E-state index in [1.165, 1.54) is 5.56 Å². The van der Waals surface area contributed by atoms with Crippen LogP contribution >= 0.6 is 0 Å². The summed E-state index contributed by atoms with van der Waals surface area (Å²) in [6, 6.07) is 10.0. The van der Waals surface area contributed by atoms with Crippen molar-refractivity contribution in [3.63, 3.8) is 0 Å². The van der Waals surface area contributed by atoms with Crippen LogP contribution < -0.4 is 0 Å². The molecule has 0 radical (unpaired) electrons. The minimum absolute atomic E-state index is 0. The minimum Gasteiger partial charge on any atom is -0.106 e. The van der Waals surface area contributed by atoms with Gasteiger partial charge in [0, 0.05) is 0 Å². The molecule has 12 heavy (non-hydrogen) atoms. The average molecular weight is 161 g/mol. The molecule has 0 heterocycles. The molecular weight excluding hydrogens is 144 g/mol. The lowest BCUT2D eigenvalue weighted by atomic mass is 10.2. The second-order valence-corrected chi connectivity index (χ2v) is 1.61. The lowest BCUT2D eigenvalue weighted by Crippen LogP contribution is -1.63. The first-order valence-electron chi connectivity index (χ1n) is 3.61. The third kappa shape index (κ3) is 6.56. The Morgan fingerprint density at radius 2 is 1.33 bits per heavy atom. The molecule has 0 bridgehead atoms. The van der Waals surface area contributed by atoms with Crippen molar-refractivity contribution in [2.75, 3.05) is 0 Å². The first-order valence-corrected chi connectivity index (χ1v) is 3.61. The van der Waals surface area contributed by atoms with E-state index in [0.29, 0.717) is 0 Å². The summed E-state index contributed by atoms with van der Waals surface area (Å²) in [5.41, 5.74) is 1.17. The van der Waals surface area contributed by atoms with Crippen molar-refractivity contribution in [1.82, 2.24) is 0 Å². The fourth-order valence-electron chi connectivity index (χ4n) is 0.589. The lowest BCUT2D eigenvalue weighted by molar-refractivity contribution is 1.67. The topological polar surface area (TPSA) is 0 Å². The van der Waals surface area contributed by atoms with Gasteiger partial charge >= 0.3 is 1.43 Å². The van der Waals surface area contributed by atoms with E-state index in [1.54, 1.807) is 0 Å². The highest BCUT2D eigenvalue weighted by atomic mass is 13.8. The van der Waals surface area contributed by atoms with Crippen molar-refractivity contribution >= 4 is 6.08 Å². The molecule has 0 aliphatic heterocycles. The Kier molecular flexibility index (Phi) is 13.2. The van der Waals surface area contributed by atoms with E-state index in [0.717, 1.165) is 0 Å². The maximum absolute atomic E-state index is 3.63. The Bertz CT molecular complexity index is 190. The highest BCUT2D eigenvalue weighted by Gasteiger charge is 1.75. The second-order valence-electron chi connectivity index (χ2n) is 1.61. The molecule has 0 spiro atoms. The van der Waals surface area contributed by atoms with Crippen LogP contribution in [0.5, 0.6) is 0 Å². The van der Waals surface area contributed by atoms with Gasteiger partial charge < -0.3 is 0 Å². The summed E-state index contributed by atoms with van der Waals surface area (Å²) >= 11 is 0. The van der Waals surface area contributed by atoms with E-state index in [9.17, 15) is 0 Å². The first kappa shape index (κ1) is 13.1.